The summed E-state index contributed by atoms with van der Waals surface area (Å²) >= 11 is 13.2. The van der Waals surface area contributed by atoms with E-state index < -0.39 is 22.0 Å². The Labute approximate surface area is 284 Å². The van der Waals surface area contributed by atoms with E-state index in [1.165, 1.54) is 22.6 Å². The predicted octanol–water partition coefficient (Wildman–Crippen LogP) is 5.73. The fraction of sp³-hybridized carbons (Fsp3) is 0.267. The third-order valence-electron chi connectivity index (χ3n) is 7.33. The summed E-state index contributed by atoms with van der Waals surface area (Å²) < 4.78 is 35.0. The molecule has 0 aliphatic carbocycles. The lowest BCUT2D eigenvalue weighted by molar-refractivity contribution is -0.124. The Balaban J connectivity index is 0.00000276. The zero-order valence-electron chi connectivity index (χ0n) is 24.3. The average molecular weight is 715 g/mol. The SMILES string of the molecule is Cc1cc(C)c2cccc(OCc3c(Cl)ccc(S(=O)(=O)N4CCC[C@H]4C(=O)NCc4ccc(C(=N)N)cn4)c3Cl)c2n1.Cl.Cl. The van der Waals surface area contributed by atoms with Crippen LogP contribution in [0.2, 0.25) is 10.0 Å². The van der Waals surface area contributed by atoms with Crippen LogP contribution >= 0.6 is 48.0 Å². The Morgan fingerprint density at radius 1 is 1.16 bits per heavy atom. The molecule has 45 heavy (non-hydrogen) atoms. The van der Waals surface area contributed by atoms with Crippen LogP contribution in [0.1, 0.15) is 40.9 Å². The van der Waals surface area contributed by atoms with E-state index in [0.717, 1.165) is 16.6 Å². The summed E-state index contributed by atoms with van der Waals surface area (Å²) in [6.07, 6.45) is 2.31. The number of aromatic nitrogens is 2. The third kappa shape index (κ3) is 7.62. The maximum Gasteiger partial charge on any atom is 0.245 e. The quantitative estimate of drug-likeness (QED) is 0.148. The van der Waals surface area contributed by atoms with Crippen LogP contribution in [0.5, 0.6) is 5.75 Å². The van der Waals surface area contributed by atoms with Gasteiger partial charge < -0.3 is 15.8 Å². The van der Waals surface area contributed by atoms with Gasteiger partial charge in [0.15, 0.2) is 0 Å². The van der Waals surface area contributed by atoms with E-state index in [1.807, 2.05) is 32.0 Å². The molecule has 1 atom stereocenters. The number of carbonyl (C=O) groups is 1. The van der Waals surface area contributed by atoms with Crippen LogP contribution < -0.4 is 15.8 Å². The first-order valence-corrected chi connectivity index (χ1v) is 15.7. The highest BCUT2D eigenvalue weighted by molar-refractivity contribution is 7.89. The van der Waals surface area contributed by atoms with Gasteiger partial charge in [-0.2, -0.15) is 4.31 Å². The first-order valence-electron chi connectivity index (χ1n) is 13.5. The summed E-state index contributed by atoms with van der Waals surface area (Å²) in [5.41, 5.74) is 9.37. The van der Waals surface area contributed by atoms with Crippen molar-refractivity contribution in [3.8, 4) is 5.75 Å². The number of halogens is 4. The smallest absolute Gasteiger partial charge is 0.245 e. The first-order chi connectivity index (χ1) is 20.5. The maximum atomic E-state index is 13.9. The van der Waals surface area contributed by atoms with E-state index in [2.05, 4.69) is 15.3 Å². The van der Waals surface area contributed by atoms with Crippen molar-refractivity contribution < 1.29 is 17.9 Å². The van der Waals surface area contributed by atoms with Crippen molar-refractivity contribution >= 4 is 80.7 Å². The second-order valence-electron chi connectivity index (χ2n) is 10.3. The number of pyridine rings is 2. The van der Waals surface area contributed by atoms with Crippen LogP contribution in [-0.2, 0) is 28.0 Å². The van der Waals surface area contributed by atoms with Crippen molar-refractivity contribution in [2.75, 3.05) is 6.54 Å². The minimum atomic E-state index is -4.17. The predicted molar refractivity (Wildman–Crippen MR) is 181 cm³/mol. The van der Waals surface area contributed by atoms with Gasteiger partial charge in [-0.25, -0.2) is 13.4 Å². The number of ether oxygens (including phenoxy) is 1. The molecule has 2 aromatic heterocycles. The Hall–Kier alpha value is -3.19. The number of amides is 1. The zero-order valence-corrected chi connectivity index (χ0v) is 28.3. The van der Waals surface area contributed by atoms with Crippen LogP contribution in [0.25, 0.3) is 10.9 Å². The lowest BCUT2D eigenvalue weighted by Crippen LogP contribution is -2.45. The number of aryl methyl sites for hydroxylation is 2. The van der Waals surface area contributed by atoms with Gasteiger partial charge in [0.2, 0.25) is 15.9 Å². The Morgan fingerprint density at radius 3 is 2.60 bits per heavy atom. The van der Waals surface area contributed by atoms with Gasteiger partial charge in [0, 0.05) is 40.0 Å². The third-order valence-corrected chi connectivity index (χ3v) is 10.2. The fourth-order valence-corrected chi connectivity index (χ4v) is 7.65. The van der Waals surface area contributed by atoms with E-state index in [0.29, 0.717) is 40.9 Å². The Bertz CT molecular complexity index is 1840. The highest BCUT2D eigenvalue weighted by Gasteiger charge is 2.40. The fourth-order valence-electron chi connectivity index (χ4n) is 5.13. The first kappa shape index (κ1) is 36.3. The van der Waals surface area contributed by atoms with Crippen molar-refractivity contribution in [1.82, 2.24) is 19.6 Å². The number of amidine groups is 1. The van der Waals surface area contributed by atoms with Gasteiger partial charge in [0.25, 0.3) is 0 Å². The molecule has 3 heterocycles. The molecular weight excluding hydrogens is 682 g/mol. The van der Waals surface area contributed by atoms with Crippen LogP contribution in [0, 0.1) is 19.3 Å². The molecule has 0 radical (unpaired) electrons. The molecule has 0 spiro atoms. The molecule has 2 aromatic carbocycles. The molecule has 1 aliphatic rings. The van der Waals surface area contributed by atoms with Crippen LogP contribution in [-0.4, -0.2) is 47.0 Å². The Kier molecular flexibility index (Phi) is 12.0. The molecule has 1 aliphatic heterocycles. The number of fused-ring (bicyclic) bond motifs is 1. The van der Waals surface area contributed by atoms with Gasteiger partial charge in [0.05, 0.1) is 17.3 Å². The van der Waals surface area contributed by atoms with Gasteiger partial charge in [-0.1, -0.05) is 35.3 Å². The Morgan fingerprint density at radius 2 is 1.91 bits per heavy atom. The summed E-state index contributed by atoms with van der Waals surface area (Å²) in [4.78, 5) is 21.8. The molecule has 1 fully saturated rings. The highest BCUT2D eigenvalue weighted by atomic mass is 35.5. The molecule has 0 saturated carbocycles. The molecule has 4 N–H and O–H groups in total. The van der Waals surface area contributed by atoms with E-state index in [1.54, 1.807) is 18.2 Å². The van der Waals surface area contributed by atoms with Gasteiger partial charge >= 0.3 is 0 Å². The number of nitrogens with zero attached hydrogens (tertiary/aromatic N) is 3. The van der Waals surface area contributed by atoms with Gasteiger partial charge in [-0.3, -0.25) is 15.2 Å². The standard InChI is InChI=1S/C30H30Cl2N6O4S.2ClH/c1-17-13-18(2)37-28-21(17)5-3-7-25(28)42-16-22-23(31)10-11-26(27(22)32)43(40,41)38-12-4-6-24(38)30(39)36-15-20-9-8-19(14-35-20)29(33)34;;/h3,5,7-11,13-14,24H,4,6,12,15-16H2,1-2H3,(H3,33,34)(H,36,39);2*1H/t24-;;/m0../s1. The minimum absolute atomic E-state index is 0. The van der Waals surface area contributed by atoms with Crippen molar-refractivity contribution in [3.05, 3.63) is 92.9 Å². The maximum absolute atomic E-state index is 13.9. The van der Waals surface area contributed by atoms with E-state index >= 15 is 0 Å². The molecule has 4 aromatic rings. The molecule has 0 unspecified atom stereocenters. The number of hydrogen-bond donors (Lipinski definition) is 3. The summed E-state index contributed by atoms with van der Waals surface area (Å²) in [5, 5.41) is 11.4. The lowest BCUT2D eigenvalue weighted by Gasteiger charge is -2.24. The summed E-state index contributed by atoms with van der Waals surface area (Å²) in [6.45, 7) is 4.07. The van der Waals surface area contributed by atoms with E-state index in [4.69, 9.17) is 39.1 Å². The van der Waals surface area contributed by atoms with Gasteiger partial charge in [-0.15, -0.1) is 24.8 Å². The minimum Gasteiger partial charge on any atom is -0.487 e. The molecule has 0 bridgehead atoms. The van der Waals surface area contributed by atoms with Crippen LogP contribution in [0.3, 0.4) is 0 Å². The lowest BCUT2D eigenvalue weighted by atomic mass is 10.1. The number of hydrogen-bond acceptors (Lipinski definition) is 7. The zero-order chi connectivity index (χ0) is 30.9. The van der Waals surface area contributed by atoms with Crippen LogP contribution in [0.15, 0.2) is 59.6 Å². The van der Waals surface area contributed by atoms with E-state index in [9.17, 15) is 13.2 Å². The number of carbonyl (C=O) groups excluding carboxylic acids is 1. The number of nitrogens with two attached hydrogens (primary N) is 1. The van der Waals surface area contributed by atoms with Gasteiger partial charge in [0.1, 0.15) is 34.6 Å². The van der Waals surface area contributed by atoms with Crippen molar-refractivity contribution in [2.45, 2.75) is 50.8 Å². The molecule has 240 valence electrons. The topological polar surface area (TPSA) is 151 Å². The molecular formula is C30H32Cl4N6O4S. The number of sulfonamides is 1. The number of rotatable bonds is 9. The summed E-state index contributed by atoms with van der Waals surface area (Å²) in [6, 6.07) is 12.8. The van der Waals surface area contributed by atoms with Crippen molar-refractivity contribution in [1.29, 1.82) is 5.41 Å². The molecule has 1 amide bonds. The largest absolute Gasteiger partial charge is 0.487 e. The molecule has 5 rings (SSSR count). The second-order valence-corrected chi connectivity index (χ2v) is 12.9. The van der Waals surface area contributed by atoms with Crippen LogP contribution in [0.4, 0.5) is 0 Å². The highest BCUT2D eigenvalue weighted by Crippen LogP contribution is 2.36. The molecule has 15 heteroatoms. The normalized spacial score (nSPS) is 14.8. The molecule has 1 saturated heterocycles. The summed E-state index contributed by atoms with van der Waals surface area (Å²) in [7, 11) is -4.17. The van der Waals surface area contributed by atoms with Crippen molar-refractivity contribution in [2.24, 2.45) is 5.73 Å². The second kappa shape index (κ2) is 14.9. The van der Waals surface area contributed by atoms with E-state index in [-0.39, 0.29) is 65.3 Å². The number of para-hydroxylation sites is 1. The number of nitrogens with one attached hydrogen (secondary N) is 2. The van der Waals surface area contributed by atoms with Gasteiger partial charge in [-0.05, 0) is 68.7 Å². The summed E-state index contributed by atoms with van der Waals surface area (Å²) in [5.74, 6) is -0.0335. The monoisotopic (exact) mass is 712 g/mol. The number of nitrogen functional groups attached to an aromatic ring is 1. The van der Waals surface area contributed by atoms with Crippen molar-refractivity contribution in [3.63, 3.8) is 0 Å². The number of benzene rings is 2. The molecule has 10 nitrogen and oxygen atoms in total. The average Bonchev–Trinajstić information content (AvgIpc) is 3.47.